The first-order valence-corrected chi connectivity index (χ1v) is 9.74. The number of nitrogens with one attached hydrogen (secondary N) is 2. The summed E-state index contributed by atoms with van der Waals surface area (Å²) in [5.41, 5.74) is 1.86. The van der Waals surface area contributed by atoms with E-state index in [0.29, 0.717) is 38.2 Å². The Balaban J connectivity index is 1.61. The van der Waals surface area contributed by atoms with Crippen LogP contribution in [0.2, 0.25) is 0 Å². The van der Waals surface area contributed by atoms with E-state index in [9.17, 15) is 0 Å². The first kappa shape index (κ1) is 19.8. The lowest BCUT2D eigenvalue weighted by atomic mass is 10.2. The van der Waals surface area contributed by atoms with E-state index in [1.54, 1.807) is 13.2 Å². The van der Waals surface area contributed by atoms with Gasteiger partial charge in [0, 0.05) is 43.5 Å². The third kappa shape index (κ3) is 5.52. The standard InChI is InChI=1S/C21H28N4O3/c1-3-4-11-28-20-16(7-5-10-23-20)15-24-21(22-2)25-17-8-9-18-19(14-17)27-13-6-12-26-18/h5,7-10,14H,3-4,6,11-13,15H2,1-2H3,(H2,22,24,25). The van der Waals surface area contributed by atoms with E-state index in [1.165, 1.54) is 0 Å². The number of nitrogens with zero attached hydrogens (tertiary/aromatic N) is 2. The van der Waals surface area contributed by atoms with Crippen LogP contribution in [0.1, 0.15) is 31.7 Å². The Hall–Kier alpha value is -2.96. The van der Waals surface area contributed by atoms with Crippen molar-refractivity contribution in [2.75, 3.05) is 32.2 Å². The van der Waals surface area contributed by atoms with Gasteiger partial charge in [-0.15, -0.1) is 0 Å². The number of guanidine groups is 1. The van der Waals surface area contributed by atoms with Crippen LogP contribution in [-0.2, 0) is 6.54 Å². The lowest BCUT2D eigenvalue weighted by molar-refractivity contribution is 0.294. The lowest BCUT2D eigenvalue weighted by Gasteiger charge is -2.15. The van der Waals surface area contributed by atoms with Crippen LogP contribution < -0.4 is 24.8 Å². The van der Waals surface area contributed by atoms with Crippen LogP contribution in [-0.4, -0.2) is 37.8 Å². The van der Waals surface area contributed by atoms with Crippen molar-refractivity contribution in [1.82, 2.24) is 10.3 Å². The van der Waals surface area contributed by atoms with Crippen LogP contribution in [0.15, 0.2) is 41.5 Å². The predicted molar refractivity (Wildman–Crippen MR) is 111 cm³/mol. The smallest absolute Gasteiger partial charge is 0.218 e. The van der Waals surface area contributed by atoms with Gasteiger partial charge in [-0.1, -0.05) is 19.4 Å². The van der Waals surface area contributed by atoms with E-state index >= 15 is 0 Å². The molecule has 7 nitrogen and oxygen atoms in total. The molecule has 1 aromatic carbocycles. The van der Waals surface area contributed by atoms with Gasteiger partial charge >= 0.3 is 0 Å². The molecule has 2 heterocycles. The minimum absolute atomic E-state index is 0.555. The Morgan fingerprint density at radius 1 is 1.21 bits per heavy atom. The van der Waals surface area contributed by atoms with Crippen LogP contribution >= 0.6 is 0 Å². The van der Waals surface area contributed by atoms with Gasteiger partial charge in [-0.3, -0.25) is 4.99 Å². The van der Waals surface area contributed by atoms with Crippen molar-refractivity contribution in [1.29, 1.82) is 0 Å². The summed E-state index contributed by atoms with van der Waals surface area (Å²) in [5, 5.41) is 6.59. The van der Waals surface area contributed by atoms with E-state index in [0.717, 1.165) is 42.0 Å². The average molecular weight is 384 g/mol. The Labute approximate surface area is 166 Å². The van der Waals surface area contributed by atoms with Gasteiger partial charge in [0.15, 0.2) is 17.5 Å². The molecule has 0 fully saturated rings. The van der Waals surface area contributed by atoms with Crippen molar-refractivity contribution < 1.29 is 14.2 Å². The van der Waals surface area contributed by atoms with Gasteiger partial charge in [0.1, 0.15) is 0 Å². The van der Waals surface area contributed by atoms with Crippen LogP contribution in [0.5, 0.6) is 17.4 Å². The number of rotatable bonds is 7. The molecule has 0 radical (unpaired) electrons. The zero-order chi connectivity index (χ0) is 19.6. The zero-order valence-corrected chi connectivity index (χ0v) is 16.5. The third-order valence-electron chi connectivity index (χ3n) is 4.27. The Morgan fingerprint density at radius 2 is 2.07 bits per heavy atom. The normalized spacial score (nSPS) is 13.6. The molecule has 0 saturated heterocycles. The van der Waals surface area contributed by atoms with Gasteiger partial charge < -0.3 is 24.8 Å². The van der Waals surface area contributed by atoms with Crippen LogP contribution in [0.3, 0.4) is 0 Å². The third-order valence-corrected chi connectivity index (χ3v) is 4.27. The molecule has 1 aliphatic rings. The molecule has 7 heteroatoms. The molecule has 0 spiro atoms. The van der Waals surface area contributed by atoms with Crippen LogP contribution in [0.4, 0.5) is 5.69 Å². The molecule has 0 aliphatic carbocycles. The maximum atomic E-state index is 5.79. The van der Waals surface area contributed by atoms with Crippen LogP contribution in [0, 0.1) is 0 Å². The highest BCUT2D eigenvalue weighted by Crippen LogP contribution is 2.32. The number of anilines is 1. The molecule has 0 saturated carbocycles. The molecule has 0 atom stereocenters. The fraction of sp³-hybridized carbons (Fsp3) is 0.429. The number of unbranched alkanes of at least 4 members (excludes halogenated alkanes) is 1. The topological polar surface area (TPSA) is 77.0 Å². The lowest BCUT2D eigenvalue weighted by Crippen LogP contribution is -2.30. The highest BCUT2D eigenvalue weighted by molar-refractivity contribution is 5.93. The molecular formula is C21H28N4O3. The van der Waals surface area contributed by atoms with E-state index in [-0.39, 0.29) is 0 Å². The molecule has 3 rings (SSSR count). The monoisotopic (exact) mass is 384 g/mol. The number of ether oxygens (including phenoxy) is 3. The minimum Gasteiger partial charge on any atom is -0.490 e. The molecule has 2 aromatic rings. The summed E-state index contributed by atoms with van der Waals surface area (Å²) in [7, 11) is 1.74. The molecule has 28 heavy (non-hydrogen) atoms. The molecule has 2 N–H and O–H groups in total. The quantitative estimate of drug-likeness (QED) is 0.431. The van der Waals surface area contributed by atoms with E-state index < -0.39 is 0 Å². The van der Waals surface area contributed by atoms with Gasteiger partial charge in [-0.25, -0.2) is 4.98 Å². The fourth-order valence-electron chi connectivity index (χ4n) is 2.74. The number of hydrogen-bond acceptors (Lipinski definition) is 5. The van der Waals surface area contributed by atoms with Gasteiger partial charge in [0.05, 0.1) is 19.8 Å². The zero-order valence-electron chi connectivity index (χ0n) is 16.5. The number of hydrogen-bond donors (Lipinski definition) is 2. The second-order valence-electron chi connectivity index (χ2n) is 6.43. The highest BCUT2D eigenvalue weighted by Gasteiger charge is 2.12. The summed E-state index contributed by atoms with van der Waals surface area (Å²) < 4.78 is 17.2. The average Bonchev–Trinajstić information content (AvgIpc) is 2.97. The highest BCUT2D eigenvalue weighted by atomic mass is 16.5. The summed E-state index contributed by atoms with van der Waals surface area (Å²) in [6, 6.07) is 9.70. The van der Waals surface area contributed by atoms with Crippen molar-refractivity contribution in [3.8, 4) is 17.4 Å². The van der Waals surface area contributed by atoms with Crippen LogP contribution in [0.25, 0.3) is 0 Å². The summed E-state index contributed by atoms with van der Waals surface area (Å²) in [6.45, 7) is 4.70. The number of aromatic nitrogens is 1. The Morgan fingerprint density at radius 3 is 2.89 bits per heavy atom. The molecule has 0 bridgehead atoms. The number of aliphatic imine (C=N–C) groups is 1. The maximum absolute atomic E-state index is 5.79. The van der Waals surface area contributed by atoms with Crippen molar-refractivity contribution in [2.45, 2.75) is 32.7 Å². The first-order valence-electron chi connectivity index (χ1n) is 9.74. The number of pyridine rings is 1. The molecule has 1 aliphatic heterocycles. The van der Waals surface area contributed by atoms with Crippen molar-refractivity contribution in [3.05, 3.63) is 42.1 Å². The van der Waals surface area contributed by atoms with Gasteiger partial charge in [0.2, 0.25) is 5.88 Å². The van der Waals surface area contributed by atoms with Crippen molar-refractivity contribution >= 4 is 11.6 Å². The summed E-state index contributed by atoms with van der Waals surface area (Å²) in [5.74, 6) is 2.83. The molecule has 0 unspecified atom stereocenters. The van der Waals surface area contributed by atoms with Gasteiger partial charge in [0.25, 0.3) is 0 Å². The first-order chi connectivity index (χ1) is 13.8. The number of benzene rings is 1. The predicted octanol–water partition coefficient (Wildman–Crippen LogP) is 3.61. The van der Waals surface area contributed by atoms with E-state index in [4.69, 9.17) is 14.2 Å². The fourth-order valence-corrected chi connectivity index (χ4v) is 2.74. The number of fused-ring (bicyclic) bond motifs is 1. The molecular weight excluding hydrogens is 356 g/mol. The van der Waals surface area contributed by atoms with Crippen molar-refractivity contribution in [2.24, 2.45) is 4.99 Å². The summed E-state index contributed by atoms with van der Waals surface area (Å²) in [4.78, 5) is 8.64. The second kappa shape index (κ2) is 10.4. The largest absolute Gasteiger partial charge is 0.490 e. The molecule has 150 valence electrons. The molecule has 1 aromatic heterocycles. The maximum Gasteiger partial charge on any atom is 0.218 e. The minimum atomic E-state index is 0.555. The van der Waals surface area contributed by atoms with Gasteiger partial charge in [-0.05, 0) is 24.6 Å². The SMILES string of the molecule is CCCCOc1ncccc1CNC(=NC)Nc1ccc2c(c1)OCCCO2. The van der Waals surface area contributed by atoms with Crippen molar-refractivity contribution in [3.63, 3.8) is 0 Å². The van der Waals surface area contributed by atoms with Gasteiger partial charge in [-0.2, -0.15) is 0 Å². The Bertz CT molecular complexity index is 795. The summed E-state index contributed by atoms with van der Waals surface area (Å²) in [6.07, 6.45) is 4.73. The van der Waals surface area contributed by atoms with E-state index in [1.807, 2.05) is 30.3 Å². The molecule has 0 amide bonds. The second-order valence-corrected chi connectivity index (χ2v) is 6.43. The van der Waals surface area contributed by atoms with E-state index in [2.05, 4.69) is 27.5 Å². The summed E-state index contributed by atoms with van der Waals surface area (Å²) >= 11 is 0. The Kier molecular flexibility index (Phi) is 7.35.